The van der Waals surface area contributed by atoms with Crippen molar-refractivity contribution in [3.05, 3.63) is 34.9 Å². The molecule has 1 amide bonds. The molecular formula is C23H30ClF3N4O4S. The molecule has 0 unspecified atom stereocenters. The van der Waals surface area contributed by atoms with E-state index in [0.29, 0.717) is 50.2 Å². The second kappa shape index (κ2) is 11.3. The first-order valence-electron chi connectivity index (χ1n) is 11.6. The number of rotatable bonds is 9. The number of amides is 1. The van der Waals surface area contributed by atoms with E-state index in [4.69, 9.17) is 16.3 Å². The van der Waals surface area contributed by atoms with Gasteiger partial charge in [0.05, 0.1) is 18.0 Å². The number of ether oxygens (including phenoxy) is 1. The summed E-state index contributed by atoms with van der Waals surface area (Å²) in [4.78, 5) is 17.3. The highest BCUT2D eigenvalue weighted by Gasteiger charge is 2.29. The number of carbonyl (C=O) groups excluding carboxylic acids is 1. The van der Waals surface area contributed by atoms with Gasteiger partial charge in [0, 0.05) is 31.0 Å². The minimum Gasteiger partial charge on any atom is -0.494 e. The number of methoxy groups -OCH3 is 1. The average molecular weight is 551 g/mol. The number of benzene rings is 1. The topological polar surface area (TPSA) is 102 Å². The summed E-state index contributed by atoms with van der Waals surface area (Å²) in [5.41, 5.74) is 0.674. The van der Waals surface area contributed by atoms with Gasteiger partial charge in [-0.1, -0.05) is 18.5 Å². The molecule has 200 valence electrons. The van der Waals surface area contributed by atoms with E-state index >= 15 is 0 Å². The zero-order chi connectivity index (χ0) is 26.7. The molecular weight excluding hydrogens is 521 g/mol. The number of aryl methyl sites for hydroxylation is 1. The third kappa shape index (κ3) is 6.84. The third-order valence-electron chi connectivity index (χ3n) is 6.29. The Labute approximate surface area is 213 Å². The average Bonchev–Trinajstić information content (AvgIpc) is 3.16. The van der Waals surface area contributed by atoms with Crippen LogP contribution in [0.25, 0.3) is 5.69 Å². The van der Waals surface area contributed by atoms with E-state index in [1.54, 1.807) is 10.6 Å². The zero-order valence-corrected chi connectivity index (χ0v) is 21.9. The van der Waals surface area contributed by atoms with Crippen molar-refractivity contribution < 1.29 is 31.1 Å². The van der Waals surface area contributed by atoms with Crippen molar-refractivity contribution in [1.82, 2.24) is 14.9 Å². The molecule has 3 rings (SSSR count). The molecule has 0 bridgehead atoms. The molecule has 1 aromatic heterocycles. The molecule has 1 heterocycles. The van der Waals surface area contributed by atoms with Crippen LogP contribution in [0.3, 0.4) is 0 Å². The number of sulfone groups is 1. The van der Waals surface area contributed by atoms with Gasteiger partial charge in [-0.2, -0.15) is 13.2 Å². The summed E-state index contributed by atoms with van der Waals surface area (Å²) in [6.07, 6.45) is -0.141. The molecule has 13 heteroatoms. The smallest absolute Gasteiger partial charge is 0.405 e. The van der Waals surface area contributed by atoms with Gasteiger partial charge >= 0.3 is 6.18 Å². The van der Waals surface area contributed by atoms with Crippen LogP contribution in [0, 0.1) is 5.92 Å². The molecule has 0 saturated heterocycles. The van der Waals surface area contributed by atoms with E-state index in [0.717, 1.165) is 0 Å². The molecule has 1 aliphatic carbocycles. The van der Waals surface area contributed by atoms with Crippen molar-refractivity contribution in [1.29, 1.82) is 0 Å². The largest absolute Gasteiger partial charge is 0.494 e. The Balaban J connectivity index is 1.76. The molecule has 1 fully saturated rings. The van der Waals surface area contributed by atoms with E-state index < -0.39 is 28.5 Å². The molecule has 0 spiro atoms. The lowest BCUT2D eigenvalue weighted by Crippen LogP contribution is -2.34. The molecule has 0 atom stereocenters. The van der Waals surface area contributed by atoms with Crippen LogP contribution in [0.5, 0.6) is 5.75 Å². The summed E-state index contributed by atoms with van der Waals surface area (Å²) in [5.74, 6) is 0.440. The number of hydrogen-bond acceptors (Lipinski definition) is 6. The van der Waals surface area contributed by atoms with E-state index in [1.807, 2.05) is 6.92 Å². The molecule has 36 heavy (non-hydrogen) atoms. The highest BCUT2D eigenvalue weighted by molar-refractivity contribution is 7.91. The zero-order valence-electron chi connectivity index (χ0n) is 20.3. The van der Waals surface area contributed by atoms with Gasteiger partial charge < -0.3 is 15.4 Å². The lowest BCUT2D eigenvalue weighted by Gasteiger charge is -2.27. The number of nitrogens with zero attached hydrogens (tertiary/aromatic N) is 2. The maximum absolute atomic E-state index is 12.9. The quantitative estimate of drug-likeness (QED) is 0.480. The second-order valence-corrected chi connectivity index (χ2v) is 11.6. The van der Waals surface area contributed by atoms with Gasteiger partial charge in [-0.25, -0.2) is 13.4 Å². The lowest BCUT2D eigenvalue weighted by atomic mass is 9.89. The van der Waals surface area contributed by atoms with Crippen molar-refractivity contribution in [2.45, 2.75) is 50.5 Å². The molecule has 2 N–H and O–H groups in total. The first-order chi connectivity index (χ1) is 16.8. The van der Waals surface area contributed by atoms with Crippen LogP contribution < -0.4 is 15.4 Å². The molecule has 0 radical (unpaired) electrons. The van der Waals surface area contributed by atoms with E-state index in [1.165, 1.54) is 25.5 Å². The van der Waals surface area contributed by atoms with Crippen molar-refractivity contribution in [2.75, 3.05) is 31.8 Å². The molecule has 1 aromatic carbocycles. The maximum Gasteiger partial charge on any atom is 0.405 e. The SMILES string of the molecule is CCc1nc(C(=O)NCC2CCC(S(C)(=O)=O)CC2)c(Cl)n1-c1ccc(NCC(F)(F)F)cc1OC. The molecule has 1 aliphatic rings. The van der Waals surface area contributed by atoms with Crippen LogP contribution >= 0.6 is 11.6 Å². The number of imidazole rings is 1. The molecule has 1 saturated carbocycles. The number of carbonyl (C=O) groups is 1. The molecule has 0 aliphatic heterocycles. The van der Waals surface area contributed by atoms with Gasteiger partial charge in [0.1, 0.15) is 33.1 Å². The van der Waals surface area contributed by atoms with E-state index in [-0.39, 0.29) is 33.5 Å². The highest BCUT2D eigenvalue weighted by Crippen LogP contribution is 2.33. The Hall–Kier alpha value is -2.47. The van der Waals surface area contributed by atoms with Gasteiger partial charge in [0.15, 0.2) is 5.69 Å². The Kier molecular flexibility index (Phi) is 8.81. The normalized spacial score (nSPS) is 18.6. The summed E-state index contributed by atoms with van der Waals surface area (Å²) >= 11 is 6.57. The van der Waals surface area contributed by atoms with Crippen LogP contribution in [-0.4, -0.2) is 61.8 Å². The Bertz CT molecular complexity index is 1190. The summed E-state index contributed by atoms with van der Waals surface area (Å²) in [6, 6.07) is 4.43. The summed E-state index contributed by atoms with van der Waals surface area (Å²) in [7, 11) is -1.68. The fraction of sp³-hybridized carbons (Fsp3) is 0.565. The first kappa shape index (κ1) is 28.1. The summed E-state index contributed by atoms with van der Waals surface area (Å²) < 4.78 is 68.1. The fourth-order valence-electron chi connectivity index (χ4n) is 4.33. The van der Waals surface area contributed by atoms with Crippen LogP contribution in [0.1, 0.15) is 48.9 Å². The second-order valence-electron chi connectivity index (χ2n) is 8.89. The van der Waals surface area contributed by atoms with Crippen LogP contribution in [0.4, 0.5) is 18.9 Å². The van der Waals surface area contributed by atoms with Crippen molar-refractivity contribution in [3.8, 4) is 11.4 Å². The highest BCUT2D eigenvalue weighted by atomic mass is 35.5. The number of halogens is 4. The predicted octanol–water partition coefficient (Wildman–Crippen LogP) is 4.40. The fourth-order valence-corrected chi connectivity index (χ4v) is 5.78. The Morgan fingerprint density at radius 3 is 2.47 bits per heavy atom. The van der Waals surface area contributed by atoms with Gasteiger partial charge in [-0.05, 0) is 43.7 Å². The first-order valence-corrected chi connectivity index (χ1v) is 13.9. The molecule has 8 nitrogen and oxygen atoms in total. The maximum atomic E-state index is 12.9. The van der Waals surface area contributed by atoms with Gasteiger partial charge in [0.25, 0.3) is 5.91 Å². The van der Waals surface area contributed by atoms with Crippen molar-refractivity contribution >= 4 is 33.0 Å². The van der Waals surface area contributed by atoms with Crippen molar-refractivity contribution in [3.63, 3.8) is 0 Å². The van der Waals surface area contributed by atoms with E-state index in [9.17, 15) is 26.4 Å². The van der Waals surface area contributed by atoms with Gasteiger partial charge in [-0.3, -0.25) is 9.36 Å². The minimum atomic E-state index is -4.37. The predicted molar refractivity (Wildman–Crippen MR) is 132 cm³/mol. The lowest BCUT2D eigenvalue weighted by molar-refractivity contribution is -0.115. The summed E-state index contributed by atoms with van der Waals surface area (Å²) in [6.45, 7) is 1.02. The Morgan fingerprint density at radius 2 is 1.92 bits per heavy atom. The number of anilines is 1. The van der Waals surface area contributed by atoms with Crippen molar-refractivity contribution in [2.24, 2.45) is 5.92 Å². The van der Waals surface area contributed by atoms with Crippen LogP contribution in [-0.2, 0) is 16.3 Å². The number of aromatic nitrogens is 2. The summed E-state index contributed by atoms with van der Waals surface area (Å²) in [5, 5.41) is 4.88. The third-order valence-corrected chi connectivity index (χ3v) is 8.32. The monoisotopic (exact) mass is 550 g/mol. The van der Waals surface area contributed by atoms with Crippen LogP contribution in [0.15, 0.2) is 18.2 Å². The Morgan fingerprint density at radius 1 is 1.25 bits per heavy atom. The van der Waals surface area contributed by atoms with Crippen LogP contribution in [0.2, 0.25) is 5.15 Å². The number of hydrogen-bond donors (Lipinski definition) is 2. The standard InChI is InChI=1S/C23H30ClF3N4O4S/c1-4-19-30-20(22(32)28-12-14-5-8-16(9-6-14)36(3,33)34)21(24)31(19)17-10-7-15(11-18(17)35-2)29-13-23(25,26)27/h7,10-11,14,16,29H,4-6,8-9,12-13H2,1-3H3,(H,28,32). The number of nitrogens with one attached hydrogen (secondary N) is 2. The van der Waals surface area contributed by atoms with E-state index in [2.05, 4.69) is 15.6 Å². The number of alkyl halides is 3. The minimum absolute atomic E-state index is 0.0275. The van der Waals surface area contributed by atoms with Gasteiger partial charge in [-0.15, -0.1) is 0 Å². The van der Waals surface area contributed by atoms with Gasteiger partial charge in [0.2, 0.25) is 0 Å². The molecule has 2 aromatic rings.